The van der Waals surface area contributed by atoms with Crippen molar-refractivity contribution in [3.8, 4) is 11.5 Å². The number of carbonyl (C=O) groups excluding carboxylic acids is 2. The second-order valence-corrected chi connectivity index (χ2v) is 7.79. The van der Waals surface area contributed by atoms with E-state index >= 15 is 0 Å². The Labute approximate surface area is 193 Å². The van der Waals surface area contributed by atoms with Crippen LogP contribution in [0.2, 0.25) is 0 Å². The Bertz CT molecular complexity index is 1140. The van der Waals surface area contributed by atoms with Crippen molar-refractivity contribution < 1.29 is 24.2 Å². The van der Waals surface area contributed by atoms with Gasteiger partial charge in [-0.1, -0.05) is 35.9 Å². The number of anilines is 1. The van der Waals surface area contributed by atoms with Crippen molar-refractivity contribution in [1.82, 2.24) is 5.32 Å². The van der Waals surface area contributed by atoms with Gasteiger partial charge in [0.1, 0.15) is 11.5 Å². The van der Waals surface area contributed by atoms with E-state index in [1.807, 2.05) is 26.0 Å². The molecule has 0 atom stereocenters. The molecule has 174 valence electrons. The first-order chi connectivity index (χ1) is 15.9. The van der Waals surface area contributed by atoms with Crippen LogP contribution in [0.15, 0.2) is 48.5 Å². The third kappa shape index (κ3) is 6.16. The highest BCUT2D eigenvalue weighted by atomic mass is 16.5. The Hall–Kier alpha value is -3.74. The predicted molar refractivity (Wildman–Crippen MR) is 129 cm³/mol. The zero-order chi connectivity index (χ0) is 23.8. The second kappa shape index (κ2) is 11.2. The maximum absolute atomic E-state index is 12.6. The van der Waals surface area contributed by atoms with Crippen LogP contribution < -0.4 is 15.4 Å². The molecular weight excluding hydrogens is 420 g/mol. The Kier molecular flexibility index (Phi) is 8.13. The van der Waals surface area contributed by atoms with E-state index < -0.39 is 6.09 Å². The number of benzene rings is 3. The lowest BCUT2D eigenvalue weighted by molar-refractivity contribution is 0.0950. The highest BCUT2D eigenvalue weighted by Gasteiger charge is 2.16. The lowest BCUT2D eigenvalue weighted by atomic mass is 10.0. The smallest absolute Gasteiger partial charge is 0.411 e. The average molecular weight is 451 g/mol. The quantitative estimate of drug-likeness (QED) is 0.384. The van der Waals surface area contributed by atoms with Gasteiger partial charge < -0.3 is 19.9 Å². The van der Waals surface area contributed by atoms with Gasteiger partial charge in [0.05, 0.1) is 24.5 Å². The van der Waals surface area contributed by atoms with Gasteiger partial charge >= 0.3 is 6.09 Å². The van der Waals surface area contributed by atoms with Gasteiger partial charge in [-0.25, -0.2) is 4.79 Å². The summed E-state index contributed by atoms with van der Waals surface area (Å²) in [4.78, 5) is 24.3. The molecule has 0 radical (unpaired) electrons. The van der Waals surface area contributed by atoms with Crippen LogP contribution in [-0.4, -0.2) is 36.9 Å². The first kappa shape index (κ1) is 23.9. The van der Waals surface area contributed by atoms with E-state index in [2.05, 4.69) is 16.7 Å². The Morgan fingerprint density at radius 1 is 1.00 bits per heavy atom. The predicted octanol–water partition coefficient (Wildman–Crippen LogP) is 5.32. The van der Waals surface area contributed by atoms with Gasteiger partial charge in [-0.05, 0) is 57.4 Å². The molecular formula is C26H30N2O5. The molecule has 0 heterocycles. The van der Waals surface area contributed by atoms with Gasteiger partial charge in [0, 0.05) is 17.3 Å². The van der Waals surface area contributed by atoms with E-state index in [-0.39, 0.29) is 23.8 Å². The Balaban J connectivity index is 1.54. The fraction of sp³-hybridized carbons (Fsp3) is 0.308. The summed E-state index contributed by atoms with van der Waals surface area (Å²) < 4.78 is 10.7. The molecule has 0 aliphatic heterocycles. The van der Waals surface area contributed by atoms with E-state index in [9.17, 15) is 14.7 Å². The molecule has 0 aromatic heterocycles. The Morgan fingerprint density at radius 2 is 1.82 bits per heavy atom. The first-order valence-electron chi connectivity index (χ1n) is 11.1. The number of nitrogens with one attached hydrogen (secondary N) is 2. The van der Waals surface area contributed by atoms with E-state index in [1.165, 1.54) is 5.56 Å². The third-order valence-corrected chi connectivity index (χ3v) is 5.23. The van der Waals surface area contributed by atoms with Crippen LogP contribution in [0.1, 0.15) is 41.3 Å². The maximum atomic E-state index is 12.6. The van der Waals surface area contributed by atoms with Crippen molar-refractivity contribution in [3.63, 3.8) is 0 Å². The molecule has 3 N–H and O–H groups in total. The molecule has 0 unspecified atom stereocenters. The molecule has 0 saturated heterocycles. The van der Waals surface area contributed by atoms with Gasteiger partial charge in [0.15, 0.2) is 0 Å². The Morgan fingerprint density at radius 3 is 2.58 bits per heavy atom. The zero-order valence-corrected chi connectivity index (χ0v) is 19.2. The summed E-state index contributed by atoms with van der Waals surface area (Å²) in [6.07, 6.45) is 0.964. The topological polar surface area (TPSA) is 96.9 Å². The summed E-state index contributed by atoms with van der Waals surface area (Å²) in [6, 6.07) is 14.4. The summed E-state index contributed by atoms with van der Waals surface area (Å²) in [7, 11) is 0. The zero-order valence-electron chi connectivity index (χ0n) is 19.2. The normalized spacial score (nSPS) is 10.6. The molecule has 0 aliphatic rings. The number of aromatic hydroxyl groups is 1. The molecule has 2 amide bonds. The van der Waals surface area contributed by atoms with Crippen molar-refractivity contribution >= 4 is 28.5 Å². The lowest BCUT2D eigenvalue weighted by Gasteiger charge is -2.13. The van der Waals surface area contributed by atoms with E-state index in [0.29, 0.717) is 29.6 Å². The largest absolute Gasteiger partial charge is 0.506 e. The maximum Gasteiger partial charge on any atom is 0.411 e. The van der Waals surface area contributed by atoms with Gasteiger partial charge in [0.2, 0.25) is 0 Å². The number of carbonyl (C=O) groups is 2. The fourth-order valence-corrected chi connectivity index (χ4v) is 3.58. The van der Waals surface area contributed by atoms with E-state index in [0.717, 1.165) is 24.2 Å². The molecule has 0 fully saturated rings. The number of unbranched alkanes of at least 4 members (excludes halogenated alkanes) is 1. The minimum atomic E-state index is -0.576. The molecule has 33 heavy (non-hydrogen) atoms. The number of phenolic OH excluding ortho intramolecular Hbond substituents is 1. The molecule has 0 bridgehead atoms. The monoisotopic (exact) mass is 450 g/mol. The lowest BCUT2D eigenvalue weighted by Crippen LogP contribution is -2.24. The van der Waals surface area contributed by atoms with E-state index in [4.69, 9.17) is 9.47 Å². The van der Waals surface area contributed by atoms with Crippen LogP contribution in [0, 0.1) is 13.8 Å². The first-order valence-corrected chi connectivity index (χ1v) is 11.1. The molecule has 3 aromatic carbocycles. The van der Waals surface area contributed by atoms with Gasteiger partial charge in [-0.3, -0.25) is 10.1 Å². The van der Waals surface area contributed by atoms with Crippen LogP contribution in [0.4, 0.5) is 10.5 Å². The van der Waals surface area contributed by atoms with Crippen molar-refractivity contribution in [1.29, 1.82) is 0 Å². The molecule has 3 aromatic rings. The molecule has 0 aliphatic carbocycles. The van der Waals surface area contributed by atoms with Gasteiger partial charge in [-0.2, -0.15) is 0 Å². The molecule has 0 saturated carbocycles. The summed E-state index contributed by atoms with van der Waals surface area (Å²) in [5, 5.41) is 17.2. The minimum Gasteiger partial charge on any atom is -0.506 e. The number of hydrogen-bond acceptors (Lipinski definition) is 5. The van der Waals surface area contributed by atoms with Crippen LogP contribution >= 0.6 is 0 Å². The van der Waals surface area contributed by atoms with Crippen LogP contribution in [0.5, 0.6) is 11.5 Å². The summed E-state index contributed by atoms with van der Waals surface area (Å²) in [6.45, 7) is 7.08. The number of rotatable bonds is 9. The van der Waals surface area contributed by atoms with Crippen molar-refractivity contribution in [2.45, 2.75) is 33.6 Å². The van der Waals surface area contributed by atoms with Crippen molar-refractivity contribution in [2.75, 3.05) is 25.1 Å². The minimum absolute atomic E-state index is 0.129. The third-order valence-electron chi connectivity index (χ3n) is 5.23. The standard InChI is InChI=1S/C26H30N2O5/c1-4-32-26(31)28-22-9-7-8-20-19(22)11-12-21(24(20)29)25(30)27-14-5-6-15-33-23-13-10-17(2)16-18(23)3/h7-13,16,29H,4-6,14-15H2,1-3H3,(H,27,30)(H,28,31). The summed E-state index contributed by atoms with van der Waals surface area (Å²) in [5.41, 5.74) is 2.99. The van der Waals surface area contributed by atoms with Gasteiger partial charge in [0.25, 0.3) is 5.91 Å². The van der Waals surface area contributed by atoms with Gasteiger partial charge in [-0.15, -0.1) is 0 Å². The molecule has 7 nitrogen and oxygen atoms in total. The summed E-state index contributed by atoms with van der Waals surface area (Å²) in [5.74, 6) is 0.395. The van der Waals surface area contributed by atoms with Crippen molar-refractivity contribution in [2.24, 2.45) is 0 Å². The number of hydrogen-bond donors (Lipinski definition) is 3. The number of fused-ring (bicyclic) bond motifs is 1. The molecule has 3 rings (SSSR count). The van der Waals surface area contributed by atoms with Crippen LogP contribution in [-0.2, 0) is 4.74 Å². The second-order valence-electron chi connectivity index (χ2n) is 7.79. The molecule has 7 heteroatoms. The number of amides is 2. The average Bonchev–Trinajstić information content (AvgIpc) is 2.78. The SMILES string of the molecule is CCOC(=O)Nc1cccc2c(O)c(C(=O)NCCCCOc3ccc(C)cc3C)ccc12. The summed E-state index contributed by atoms with van der Waals surface area (Å²) >= 11 is 0. The van der Waals surface area contributed by atoms with Crippen LogP contribution in [0.25, 0.3) is 10.8 Å². The number of aryl methyl sites for hydroxylation is 2. The van der Waals surface area contributed by atoms with Crippen LogP contribution in [0.3, 0.4) is 0 Å². The number of phenols is 1. The highest BCUT2D eigenvalue weighted by molar-refractivity contribution is 6.08. The molecule has 0 spiro atoms. The van der Waals surface area contributed by atoms with E-state index in [1.54, 1.807) is 37.3 Å². The number of ether oxygens (including phenoxy) is 2. The van der Waals surface area contributed by atoms with Crippen molar-refractivity contribution in [3.05, 3.63) is 65.2 Å². The fourth-order valence-electron chi connectivity index (χ4n) is 3.58. The highest BCUT2D eigenvalue weighted by Crippen LogP contribution is 2.33.